The third-order valence-electron chi connectivity index (χ3n) is 3.22. The fourth-order valence-electron chi connectivity index (χ4n) is 2.35. The maximum atomic E-state index is 12.5. The topological polar surface area (TPSA) is 37.4 Å². The van der Waals surface area contributed by atoms with E-state index in [2.05, 4.69) is 22.9 Å². The van der Waals surface area contributed by atoms with Gasteiger partial charge in [-0.1, -0.05) is 6.92 Å². The Hall–Kier alpha value is 0.0900. The van der Waals surface area contributed by atoms with E-state index < -0.39 is 10.0 Å². The third-order valence-corrected chi connectivity index (χ3v) is 6.98. The van der Waals surface area contributed by atoms with Crippen molar-refractivity contribution in [1.82, 2.24) is 4.31 Å². The zero-order valence-corrected chi connectivity index (χ0v) is 13.2. The predicted octanol–water partition coefficient (Wildman–Crippen LogP) is 3.38. The standard InChI is InChI=1S/C11H16BrNO2S2/c1-3-9-5-4-6-13(9)17(14,15)10-7-11(12)16-8(10)2/h7,9H,3-6H2,1-2H3. The van der Waals surface area contributed by atoms with Crippen LogP contribution < -0.4 is 0 Å². The average molecular weight is 338 g/mol. The summed E-state index contributed by atoms with van der Waals surface area (Å²) in [4.78, 5) is 1.33. The highest BCUT2D eigenvalue weighted by molar-refractivity contribution is 9.11. The molecule has 0 aliphatic carbocycles. The molecule has 1 fully saturated rings. The minimum atomic E-state index is -3.30. The molecule has 17 heavy (non-hydrogen) atoms. The molecule has 1 unspecified atom stereocenters. The zero-order valence-electron chi connectivity index (χ0n) is 9.94. The van der Waals surface area contributed by atoms with Crippen molar-refractivity contribution in [2.75, 3.05) is 6.54 Å². The summed E-state index contributed by atoms with van der Waals surface area (Å²) in [7, 11) is -3.30. The quantitative estimate of drug-likeness (QED) is 0.847. The van der Waals surface area contributed by atoms with Gasteiger partial charge in [-0.25, -0.2) is 8.42 Å². The second-order valence-electron chi connectivity index (χ2n) is 4.29. The van der Waals surface area contributed by atoms with E-state index in [4.69, 9.17) is 0 Å². The van der Waals surface area contributed by atoms with Crippen molar-refractivity contribution in [3.8, 4) is 0 Å². The molecule has 0 aromatic carbocycles. The number of halogens is 1. The van der Waals surface area contributed by atoms with Crippen LogP contribution in [0.25, 0.3) is 0 Å². The Balaban J connectivity index is 2.39. The van der Waals surface area contributed by atoms with Crippen molar-refractivity contribution in [1.29, 1.82) is 0 Å². The Kier molecular flexibility index (Phi) is 3.97. The van der Waals surface area contributed by atoms with Gasteiger partial charge in [0.1, 0.15) is 0 Å². The van der Waals surface area contributed by atoms with E-state index in [1.807, 2.05) is 6.92 Å². The molecular formula is C11H16BrNO2S2. The monoisotopic (exact) mass is 337 g/mol. The summed E-state index contributed by atoms with van der Waals surface area (Å²) in [5.74, 6) is 0. The molecule has 96 valence electrons. The van der Waals surface area contributed by atoms with Gasteiger partial charge < -0.3 is 0 Å². The lowest BCUT2D eigenvalue weighted by atomic mass is 10.2. The highest BCUT2D eigenvalue weighted by Gasteiger charge is 2.35. The smallest absolute Gasteiger partial charge is 0.207 e. The fraction of sp³-hybridized carbons (Fsp3) is 0.636. The Labute approximate surface area is 115 Å². The summed E-state index contributed by atoms with van der Waals surface area (Å²) < 4.78 is 27.7. The second kappa shape index (κ2) is 4.99. The van der Waals surface area contributed by atoms with Crippen LogP contribution in [0.15, 0.2) is 14.7 Å². The molecule has 1 aromatic rings. The van der Waals surface area contributed by atoms with Crippen LogP contribution in [0.1, 0.15) is 31.1 Å². The molecule has 2 heterocycles. The van der Waals surface area contributed by atoms with Crippen molar-refractivity contribution in [3.63, 3.8) is 0 Å². The van der Waals surface area contributed by atoms with Gasteiger partial charge in [-0.2, -0.15) is 4.31 Å². The zero-order chi connectivity index (χ0) is 12.6. The highest BCUT2D eigenvalue weighted by atomic mass is 79.9. The molecule has 1 saturated heterocycles. The third kappa shape index (κ3) is 2.45. The molecule has 1 aliphatic heterocycles. The Morgan fingerprint density at radius 2 is 2.29 bits per heavy atom. The van der Waals surface area contributed by atoms with Crippen LogP contribution in [0.5, 0.6) is 0 Å². The number of nitrogens with zero attached hydrogens (tertiary/aromatic N) is 1. The number of hydrogen-bond acceptors (Lipinski definition) is 3. The van der Waals surface area contributed by atoms with Crippen molar-refractivity contribution in [2.24, 2.45) is 0 Å². The average Bonchev–Trinajstić information content (AvgIpc) is 2.84. The van der Waals surface area contributed by atoms with Crippen molar-refractivity contribution >= 4 is 37.3 Å². The Morgan fingerprint density at radius 1 is 1.59 bits per heavy atom. The molecule has 0 spiro atoms. The minimum Gasteiger partial charge on any atom is -0.207 e. The van der Waals surface area contributed by atoms with Crippen LogP contribution in [0.4, 0.5) is 0 Å². The molecule has 2 rings (SSSR count). The molecule has 0 N–H and O–H groups in total. The summed E-state index contributed by atoms with van der Waals surface area (Å²) in [6.07, 6.45) is 2.85. The lowest BCUT2D eigenvalue weighted by molar-refractivity contribution is 0.379. The second-order valence-corrected chi connectivity index (χ2v) is 8.79. The summed E-state index contributed by atoms with van der Waals surface area (Å²) >= 11 is 4.83. The van der Waals surface area contributed by atoms with Crippen LogP contribution >= 0.6 is 27.3 Å². The van der Waals surface area contributed by atoms with E-state index in [0.29, 0.717) is 11.4 Å². The molecule has 0 radical (unpaired) electrons. The van der Waals surface area contributed by atoms with E-state index in [1.54, 1.807) is 10.4 Å². The number of hydrogen-bond donors (Lipinski definition) is 0. The first-order chi connectivity index (χ1) is 7.96. The number of aryl methyl sites for hydroxylation is 1. The lowest BCUT2D eigenvalue weighted by Crippen LogP contribution is -2.35. The van der Waals surface area contributed by atoms with Gasteiger partial charge in [-0.15, -0.1) is 11.3 Å². The SMILES string of the molecule is CCC1CCCN1S(=O)(=O)c1cc(Br)sc1C. The van der Waals surface area contributed by atoms with Crippen molar-refractivity contribution in [3.05, 3.63) is 14.7 Å². The van der Waals surface area contributed by atoms with Crippen LogP contribution in [-0.4, -0.2) is 25.3 Å². The molecule has 3 nitrogen and oxygen atoms in total. The molecule has 0 bridgehead atoms. The van der Waals surface area contributed by atoms with Gasteiger partial charge in [0.05, 0.1) is 8.68 Å². The van der Waals surface area contributed by atoms with Crippen molar-refractivity contribution in [2.45, 2.75) is 44.0 Å². The Morgan fingerprint density at radius 3 is 2.82 bits per heavy atom. The molecule has 6 heteroatoms. The molecule has 1 aromatic heterocycles. The summed E-state index contributed by atoms with van der Waals surface area (Å²) in [6.45, 7) is 4.57. The van der Waals surface area contributed by atoms with Crippen LogP contribution in [0.3, 0.4) is 0 Å². The minimum absolute atomic E-state index is 0.179. The highest BCUT2D eigenvalue weighted by Crippen LogP contribution is 2.34. The van der Waals surface area contributed by atoms with Crippen LogP contribution in [-0.2, 0) is 10.0 Å². The first-order valence-electron chi connectivity index (χ1n) is 5.74. The van der Waals surface area contributed by atoms with Gasteiger partial charge in [0.25, 0.3) is 0 Å². The van der Waals surface area contributed by atoms with Crippen LogP contribution in [0.2, 0.25) is 0 Å². The lowest BCUT2D eigenvalue weighted by Gasteiger charge is -2.22. The summed E-state index contributed by atoms with van der Waals surface area (Å²) in [5.41, 5.74) is 0. The van der Waals surface area contributed by atoms with E-state index in [9.17, 15) is 8.42 Å². The van der Waals surface area contributed by atoms with Gasteiger partial charge in [0.2, 0.25) is 10.0 Å². The molecule has 0 saturated carbocycles. The fourth-order valence-corrected chi connectivity index (χ4v) is 6.50. The van der Waals surface area contributed by atoms with Gasteiger partial charge in [0, 0.05) is 17.5 Å². The van der Waals surface area contributed by atoms with Gasteiger partial charge >= 0.3 is 0 Å². The number of thiophene rings is 1. The van der Waals surface area contributed by atoms with Gasteiger partial charge in [-0.3, -0.25) is 0 Å². The molecule has 1 atom stereocenters. The predicted molar refractivity (Wildman–Crippen MR) is 74.0 cm³/mol. The van der Waals surface area contributed by atoms with E-state index in [0.717, 1.165) is 27.9 Å². The van der Waals surface area contributed by atoms with E-state index in [1.165, 1.54) is 11.3 Å². The maximum Gasteiger partial charge on any atom is 0.244 e. The van der Waals surface area contributed by atoms with Gasteiger partial charge in [0.15, 0.2) is 0 Å². The first-order valence-corrected chi connectivity index (χ1v) is 8.79. The van der Waals surface area contributed by atoms with E-state index in [-0.39, 0.29) is 6.04 Å². The van der Waals surface area contributed by atoms with Crippen molar-refractivity contribution < 1.29 is 8.42 Å². The molecule has 0 amide bonds. The van der Waals surface area contributed by atoms with E-state index >= 15 is 0 Å². The molecule has 1 aliphatic rings. The Bertz CT molecular complexity index is 510. The number of sulfonamides is 1. The van der Waals surface area contributed by atoms with Gasteiger partial charge in [-0.05, 0) is 48.2 Å². The summed E-state index contributed by atoms with van der Waals surface area (Å²) in [6, 6.07) is 1.90. The summed E-state index contributed by atoms with van der Waals surface area (Å²) in [5, 5.41) is 0. The first kappa shape index (κ1) is 13.5. The normalized spacial score (nSPS) is 22.2. The largest absolute Gasteiger partial charge is 0.244 e. The van der Waals surface area contributed by atoms with Crippen LogP contribution in [0, 0.1) is 6.92 Å². The number of rotatable bonds is 3. The maximum absolute atomic E-state index is 12.5. The molecular weight excluding hydrogens is 322 g/mol.